The van der Waals surface area contributed by atoms with E-state index in [4.69, 9.17) is 0 Å². The van der Waals surface area contributed by atoms with Gasteiger partial charge in [-0.2, -0.15) is 0 Å². The molecular formula is C16H20N2S. The van der Waals surface area contributed by atoms with Crippen LogP contribution in [0.3, 0.4) is 0 Å². The highest BCUT2D eigenvalue weighted by Crippen LogP contribution is 2.41. The van der Waals surface area contributed by atoms with Crippen molar-refractivity contribution in [3.05, 3.63) is 51.5 Å². The van der Waals surface area contributed by atoms with Gasteiger partial charge in [-0.25, -0.2) is 4.98 Å². The molecule has 1 aromatic heterocycles. The number of aryl methyl sites for hydroxylation is 1. The number of fused-ring (bicyclic) bond motifs is 1. The molecule has 0 saturated carbocycles. The summed E-state index contributed by atoms with van der Waals surface area (Å²) in [7, 11) is 0. The molecule has 0 spiro atoms. The van der Waals surface area contributed by atoms with Crippen LogP contribution in [0.15, 0.2) is 30.5 Å². The van der Waals surface area contributed by atoms with E-state index in [1.807, 2.05) is 17.5 Å². The number of hydrogen-bond donors (Lipinski definition) is 1. The van der Waals surface area contributed by atoms with Gasteiger partial charge in [-0.3, -0.25) is 0 Å². The molecule has 100 valence electrons. The Bertz CT molecular complexity index is 561. The molecule has 2 nitrogen and oxygen atoms in total. The van der Waals surface area contributed by atoms with Crippen LogP contribution in [0.5, 0.6) is 0 Å². The first-order valence-corrected chi connectivity index (χ1v) is 7.83. The Morgan fingerprint density at radius 2 is 2.26 bits per heavy atom. The Kier molecular flexibility index (Phi) is 3.67. The molecule has 1 aromatic carbocycles. The molecule has 0 fully saturated rings. The van der Waals surface area contributed by atoms with Gasteiger partial charge >= 0.3 is 0 Å². The zero-order valence-electron chi connectivity index (χ0n) is 11.5. The summed E-state index contributed by atoms with van der Waals surface area (Å²) in [6, 6.07) is 9.29. The van der Waals surface area contributed by atoms with Gasteiger partial charge in [-0.15, -0.1) is 11.3 Å². The predicted molar refractivity (Wildman–Crippen MR) is 80.8 cm³/mol. The molecule has 2 unspecified atom stereocenters. The third kappa shape index (κ3) is 2.58. The number of aromatic nitrogens is 1. The topological polar surface area (TPSA) is 24.9 Å². The first kappa shape index (κ1) is 12.8. The highest BCUT2D eigenvalue weighted by Gasteiger charge is 2.28. The van der Waals surface area contributed by atoms with Crippen molar-refractivity contribution in [2.45, 2.75) is 38.6 Å². The summed E-state index contributed by atoms with van der Waals surface area (Å²) >= 11 is 1.82. The van der Waals surface area contributed by atoms with Gasteiger partial charge < -0.3 is 5.32 Å². The van der Waals surface area contributed by atoms with E-state index in [-0.39, 0.29) is 0 Å². The standard InChI is InChI=1S/C16H20N2S/c1-3-17-15(16-10-18-11(2)19-16)9-13-8-12-6-4-5-7-14(12)13/h4-7,10,13,15,17H,3,8-9H2,1-2H3. The summed E-state index contributed by atoms with van der Waals surface area (Å²) in [6.07, 6.45) is 4.46. The van der Waals surface area contributed by atoms with Crippen molar-refractivity contribution < 1.29 is 0 Å². The summed E-state index contributed by atoms with van der Waals surface area (Å²) in [6.45, 7) is 5.27. The van der Waals surface area contributed by atoms with Crippen LogP contribution < -0.4 is 5.32 Å². The average molecular weight is 272 g/mol. The van der Waals surface area contributed by atoms with E-state index in [2.05, 4.69) is 48.4 Å². The van der Waals surface area contributed by atoms with Crippen molar-refractivity contribution in [2.24, 2.45) is 0 Å². The lowest BCUT2D eigenvalue weighted by Crippen LogP contribution is -2.26. The summed E-state index contributed by atoms with van der Waals surface area (Å²) in [5, 5.41) is 4.77. The predicted octanol–water partition coefficient (Wildman–Crippen LogP) is 3.83. The van der Waals surface area contributed by atoms with Crippen molar-refractivity contribution in [1.82, 2.24) is 10.3 Å². The van der Waals surface area contributed by atoms with Gasteiger partial charge in [0.05, 0.1) is 5.01 Å². The van der Waals surface area contributed by atoms with Gasteiger partial charge in [0.2, 0.25) is 0 Å². The van der Waals surface area contributed by atoms with Gasteiger partial charge in [0, 0.05) is 17.1 Å². The molecule has 1 aliphatic carbocycles. The van der Waals surface area contributed by atoms with E-state index >= 15 is 0 Å². The smallest absolute Gasteiger partial charge is 0.0897 e. The van der Waals surface area contributed by atoms with Gasteiger partial charge in [0.1, 0.15) is 0 Å². The molecular weight excluding hydrogens is 252 g/mol. The largest absolute Gasteiger partial charge is 0.309 e. The summed E-state index contributed by atoms with van der Waals surface area (Å²) < 4.78 is 0. The minimum Gasteiger partial charge on any atom is -0.309 e. The molecule has 1 N–H and O–H groups in total. The Morgan fingerprint density at radius 3 is 2.95 bits per heavy atom. The summed E-state index contributed by atoms with van der Waals surface area (Å²) in [5.74, 6) is 0.711. The zero-order valence-corrected chi connectivity index (χ0v) is 12.3. The van der Waals surface area contributed by atoms with Gasteiger partial charge in [0.25, 0.3) is 0 Å². The summed E-state index contributed by atoms with van der Waals surface area (Å²) in [4.78, 5) is 5.77. The van der Waals surface area contributed by atoms with Crippen molar-refractivity contribution in [3.63, 3.8) is 0 Å². The summed E-state index contributed by atoms with van der Waals surface area (Å²) in [5.41, 5.74) is 3.08. The molecule has 0 aliphatic heterocycles. The third-order valence-corrected chi connectivity index (χ3v) is 4.94. The molecule has 0 radical (unpaired) electrons. The fourth-order valence-corrected chi connectivity index (χ4v) is 3.82. The molecule has 19 heavy (non-hydrogen) atoms. The van der Waals surface area contributed by atoms with Gasteiger partial charge in [-0.05, 0) is 43.4 Å². The van der Waals surface area contributed by atoms with E-state index in [0.717, 1.165) is 11.6 Å². The van der Waals surface area contributed by atoms with Crippen LogP contribution in [0.4, 0.5) is 0 Å². The molecule has 1 heterocycles. The fourth-order valence-electron chi connectivity index (χ4n) is 2.94. The van der Waals surface area contributed by atoms with Crippen LogP contribution >= 0.6 is 11.3 Å². The quantitative estimate of drug-likeness (QED) is 0.894. The number of hydrogen-bond acceptors (Lipinski definition) is 3. The second-order valence-corrected chi connectivity index (χ2v) is 6.49. The van der Waals surface area contributed by atoms with Crippen molar-refractivity contribution in [1.29, 1.82) is 0 Å². The highest BCUT2D eigenvalue weighted by molar-refractivity contribution is 7.11. The molecule has 3 rings (SSSR count). The maximum absolute atomic E-state index is 4.39. The van der Waals surface area contributed by atoms with Crippen LogP contribution in [0.1, 0.15) is 46.3 Å². The number of benzene rings is 1. The third-order valence-electron chi connectivity index (χ3n) is 3.91. The molecule has 1 aliphatic rings. The monoisotopic (exact) mass is 272 g/mol. The lowest BCUT2D eigenvalue weighted by Gasteiger charge is -2.33. The minimum atomic E-state index is 0.453. The van der Waals surface area contributed by atoms with Crippen molar-refractivity contribution >= 4 is 11.3 Å². The van der Waals surface area contributed by atoms with Gasteiger partial charge in [-0.1, -0.05) is 31.2 Å². The van der Waals surface area contributed by atoms with Crippen LogP contribution in [-0.2, 0) is 6.42 Å². The Hall–Kier alpha value is -1.19. The molecule has 0 amide bonds. The van der Waals surface area contributed by atoms with Crippen LogP contribution in [0.2, 0.25) is 0 Å². The average Bonchev–Trinajstić information content (AvgIpc) is 2.81. The Labute approximate surface area is 118 Å². The van der Waals surface area contributed by atoms with Crippen LogP contribution in [0, 0.1) is 6.92 Å². The van der Waals surface area contributed by atoms with E-state index in [1.54, 1.807) is 5.56 Å². The lowest BCUT2D eigenvalue weighted by atomic mass is 9.74. The zero-order chi connectivity index (χ0) is 13.2. The first-order valence-electron chi connectivity index (χ1n) is 7.01. The number of nitrogens with zero attached hydrogens (tertiary/aromatic N) is 1. The maximum atomic E-state index is 4.39. The molecule has 0 bridgehead atoms. The highest BCUT2D eigenvalue weighted by atomic mass is 32.1. The Balaban J connectivity index is 1.73. The lowest BCUT2D eigenvalue weighted by molar-refractivity contribution is 0.440. The Morgan fingerprint density at radius 1 is 1.42 bits per heavy atom. The maximum Gasteiger partial charge on any atom is 0.0897 e. The fraction of sp³-hybridized carbons (Fsp3) is 0.438. The first-order chi connectivity index (χ1) is 9.28. The van der Waals surface area contributed by atoms with Crippen LogP contribution in [0.25, 0.3) is 0 Å². The van der Waals surface area contributed by atoms with Crippen molar-refractivity contribution in [2.75, 3.05) is 6.54 Å². The molecule has 3 heteroatoms. The normalized spacial score (nSPS) is 18.7. The molecule has 2 atom stereocenters. The van der Waals surface area contributed by atoms with Gasteiger partial charge in [0.15, 0.2) is 0 Å². The number of nitrogens with one attached hydrogen (secondary N) is 1. The second-order valence-electron chi connectivity index (χ2n) is 5.23. The van der Waals surface area contributed by atoms with E-state index < -0.39 is 0 Å². The van der Waals surface area contributed by atoms with E-state index in [9.17, 15) is 0 Å². The SMILES string of the molecule is CCNC(CC1Cc2ccccc21)c1cnc(C)s1. The van der Waals surface area contributed by atoms with E-state index in [0.29, 0.717) is 12.0 Å². The number of rotatable bonds is 5. The van der Waals surface area contributed by atoms with Crippen LogP contribution in [-0.4, -0.2) is 11.5 Å². The minimum absolute atomic E-state index is 0.453. The van der Waals surface area contributed by atoms with Crippen molar-refractivity contribution in [3.8, 4) is 0 Å². The number of thiazole rings is 1. The van der Waals surface area contributed by atoms with E-state index in [1.165, 1.54) is 23.3 Å². The second kappa shape index (κ2) is 5.43. The molecule has 2 aromatic rings. The molecule has 0 saturated heterocycles.